The normalized spacial score (nSPS) is 13.0. The number of ether oxygens (including phenoxy) is 3. The highest BCUT2D eigenvalue weighted by atomic mass is 16.6. The van der Waals surface area contributed by atoms with Crippen molar-refractivity contribution in [3.8, 4) is 0 Å². The Morgan fingerprint density at radius 1 is 0.300 bits per heavy atom. The maximum absolute atomic E-state index is 12.8. The van der Waals surface area contributed by atoms with Crippen molar-refractivity contribution in [1.82, 2.24) is 0 Å². The zero-order chi connectivity index (χ0) is 50.7. The van der Waals surface area contributed by atoms with Gasteiger partial charge >= 0.3 is 17.9 Å². The van der Waals surface area contributed by atoms with Crippen LogP contribution in [-0.2, 0) is 28.6 Å². The summed E-state index contributed by atoms with van der Waals surface area (Å²) in [5.41, 5.74) is 0. The number of allylic oxidation sites excluding steroid dienone is 20. The molecule has 0 amide bonds. The van der Waals surface area contributed by atoms with Crippen molar-refractivity contribution in [2.24, 2.45) is 0 Å². The number of hydrogen-bond acceptors (Lipinski definition) is 6. The first-order chi connectivity index (χ1) is 34.5. The van der Waals surface area contributed by atoms with E-state index < -0.39 is 6.10 Å². The highest BCUT2D eigenvalue weighted by molar-refractivity contribution is 5.71. The number of carbonyl (C=O) groups is 3. The fourth-order valence-electron chi connectivity index (χ4n) is 7.46. The van der Waals surface area contributed by atoms with Gasteiger partial charge in [-0.3, -0.25) is 14.4 Å². The second-order valence-electron chi connectivity index (χ2n) is 18.4. The summed E-state index contributed by atoms with van der Waals surface area (Å²) in [5.74, 6) is -0.995. The van der Waals surface area contributed by atoms with E-state index in [2.05, 4.69) is 142 Å². The first-order valence-electron chi connectivity index (χ1n) is 28.5. The zero-order valence-corrected chi connectivity index (χ0v) is 45.2. The largest absolute Gasteiger partial charge is 0.462 e. The van der Waals surface area contributed by atoms with Gasteiger partial charge in [0.05, 0.1) is 0 Å². The average molecular weight is 970 g/mol. The number of carbonyl (C=O) groups excluding carboxylic acids is 3. The molecule has 0 bridgehead atoms. The van der Waals surface area contributed by atoms with Gasteiger partial charge in [-0.05, 0) is 122 Å². The maximum Gasteiger partial charge on any atom is 0.306 e. The SMILES string of the molecule is CC/C=C\C/C=C\C/C=C\C/C=C\C/C=C\CCCC(=O)OC(COC(=O)CCCCCCC/C=C\CCCCCCCCC)COC(=O)CCCCCCCC/C=C\C/C=C\C/C=C\C/C=C\CC. The van der Waals surface area contributed by atoms with Gasteiger partial charge in [0.1, 0.15) is 13.2 Å². The third kappa shape index (κ3) is 54.7. The van der Waals surface area contributed by atoms with Crippen LogP contribution in [-0.4, -0.2) is 37.2 Å². The Labute approximate surface area is 431 Å². The van der Waals surface area contributed by atoms with E-state index in [0.717, 1.165) is 128 Å². The Hall–Kier alpha value is -4.19. The highest BCUT2D eigenvalue weighted by Gasteiger charge is 2.19. The third-order valence-electron chi connectivity index (χ3n) is 11.7. The lowest BCUT2D eigenvalue weighted by Crippen LogP contribution is -2.30. The molecule has 0 aliphatic heterocycles. The van der Waals surface area contributed by atoms with Gasteiger partial charge in [0, 0.05) is 19.3 Å². The van der Waals surface area contributed by atoms with Crippen molar-refractivity contribution in [3.05, 3.63) is 122 Å². The van der Waals surface area contributed by atoms with Crippen molar-refractivity contribution < 1.29 is 28.6 Å². The summed E-state index contributed by atoms with van der Waals surface area (Å²) in [6.07, 6.45) is 79.0. The second kappa shape index (κ2) is 57.4. The van der Waals surface area contributed by atoms with Crippen LogP contribution in [0.5, 0.6) is 0 Å². The number of hydrogen-bond donors (Lipinski definition) is 0. The van der Waals surface area contributed by atoms with Crippen molar-refractivity contribution >= 4 is 17.9 Å². The fraction of sp³-hybridized carbons (Fsp3) is 0.641. The van der Waals surface area contributed by atoms with Gasteiger partial charge in [0.15, 0.2) is 6.10 Å². The molecule has 0 aliphatic rings. The number of esters is 3. The Bertz CT molecular complexity index is 1490. The predicted molar refractivity (Wildman–Crippen MR) is 302 cm³/mol. The van der Waals surface area contributed by atoms with Crippen molar-refractivity contribution in [2.75, 3.05) is 13.2 Å². The summed E-state index contributed by atoms with van der Waals surface area (Å²) in [6.45, 7) is 6.34. The van der Waals surface area contributed by atoms with Crippen molar-refractivity contribution in [1.29, 1.82) is 0 Å². The van der Waals surface area contributed by atoms with Gasteiger partial charge in [-0.15, -0.1) is 0 Å². The molecule has 396 valence electrons. The highest BCUT2D eigenvalue weighted by Crippen LogP contribution is 2.13. The lowest BCUT2D eigenvalue weighted by Gasteiger charge is -2.18. The molecule has 0 aromatic carbocycles. The average Bonchev–Trinajstić information content (AvgIpc) is 3.36. The van der Waals surface area contributed by atoms with Crippen LogP contribution in [0.4, 0.5) is 0 Å². The summed E-state index contributed by atoms with van der Waals surface area (Å²) in [6, 6.07) is 0. The Kier molecular flexibility index (Phi) is 54.0. The van der Waals surface area contributed by atoms with E-state index in [9.17, 15) is 14.4 Å². The van der Waals surface area contributed by atoms with Gasteiger partial charge in [0.25, 0.3) is 0 Å². The Balaban J connectivity index is 4.53. The van der Waals surface area contributed by atoms with Gasteiger partial charge < -0.3 is 14.2 Å². The molecule has 0 rings (SSSR count). The molecule has 0 fully saturated rings. The van der Waals surface area contributed by atoms with E-state index >= 15 is 0 Å². The molecule has 0 saturated carbocycles. The first kappa shape index (κ1) is 65.8. The summed E-state index contributed by atoms with van der Waals surface area (Å²) in [4.78, 5) is 38.2. The van der Waals surface area contributed by atoms with E-state index in [1.165, 1.54) is 70.6 Å². The summed E-state index contributed by atoms with van der Waals surface area (Å²) in [5, 5.41) is 0. The predicted octanol–water partition coefficient (Wildman–Crippen LogP) is 19.3. The first-order valence-corrected chi connectivity index (χ1v) is 28.5. The van der Waals surface area contributed by atoms with E-state index in [1.54, 1.807) is 0 Å². The van der Waals surface area contributed by atoms with E-state index in [-0.39, 0.29) is 37.5 Å². The van der Waals surface area contributed by atoms with Crippen LogP contribution in [0.25, 0.3) is 0 Å². The van der Waals surface area contributed by atoms with Crippen molar-refractivity contribution in [2.45, 2.75) is 252 Å². The molecular formula is C64H104O6. The quantitative estimate of drug-likeness (QED) is 0.0262. The summed E-state index contributed by atoms with van der Waals surface area (Å²) < 4.78 is 16.8. The van der Waals surface area contributed by atoms with Crippen LogP contribution in [0.2, 0.25) is 0 Å². The molecule has 0 aromatic heterocycles. The molecule has 1 atom stereocenters. The molecule has 6 nitrogen and oxygen atoms in total. The molecule has 0 aliphatic carbocycles. The lowest BCUT2D eigenvalue weighted by atomic mass is 10.1. The second-order valence-corrected chi connectivity index (χ2v) is 18.4. The molecular weight excluding hydrogens is 865 g/mol. The van der Waals surface area contributed by atoms with E-state index in [1.807, 2.05) is 0 Å². The Morgan fingerprint density at radius 2 is 0.571 bits per heavy atom. The molecule has 6 heteroatoms. The maximum atomic E-state index is 12.8. The molecule has 1 unspecified atom stereocenters. The standard InChI is InChI=1S/C64H104O6/c1-4-7-10-13-16-19-22-25-28-31-32-34-36-39-42-45-48-51-54-57-63(66)69-60-61(59-68-62(65)56-53-50-47-44-41-38-35-30-27-24-21-18-15-12-9-6-3)70-64(67)58-55-52-49-46-43-40-37-33-29-26-23-20-17-14-11-8-5-2/h7-8,10-11,16-17,19-20,25-26,28-30,32,34-35,37,40,46,49,61H,4-6,9,12-15,18,21-24,27,31,33,36,38-39,41-45,47-48,50-60H2,1-3H3/b10-7-,11-8-,19-16-,20-17-,28-25-,29-26-,34-32-,35-30-,40-37-,49-46-. The Morgan fingerprint density at radius 3 is 0.929 bits per heavy atom. The van der Waals surface area contributed by atoms with E-state index in [4.69, 9.17) is 14.2 Å². The zero-order valence-electron chi connectivity index (χ0n) is 45.2. The van der Waals surface area contributed by atoms with Gasteiger partial charge in [-0.25, -0.2) is 0 Å². The molecule has 0 N–H and O–H groups in total. The number of rotatable bonds is 50. The van der Waals surface area contributed by atoms with Crippen LogP contribution in [0.3, 0.4) is 0 Å². The topological polar surface area (TPSA) is 78.9 Å². The monoisotopic (exact) mass is 969 g/mol. The van der Waals surface area contributed by atoms with Gasteiger partial charge in [0.2, 0.25) is 0 Å². The fourth-order valence-corrected chi connectivity index (χ4v) is 7.46. The van der Waals surface area contributed by atoms with Crippen LogP contribution >= 0.6 is 0 Å². The minimum absolute atomic E-state index is 0.112. The van der Waals surface area contributed by atoms with Gasteiger partial charge in [-0.1, -0.05) is 226 Å². The number of unbranched alkanes of at least 4 members (excludes halogenated alkanes) is 19. The molecule has 70 heavy (non-hydrogen) atoms. The molecule has 0 radical (unpaired) electrons. The molecule has 0 aromatic rings. The smallest absolute Gasteiger partial charge is 0.306 e. The van der Waals surface area contributed by atoms with E-state index in [0.29, 0.717) is 19.3 Å². The lowest BCUT2D eigenvalue weighted by molar-refractivity contribution is -0.167. The minimum Gasteiger partial charge on any atom is -0.462 e. The van der Waals surface area contributed by atoms with Crippen LogP contribution in [0, 0.1) is 0 Å². The molecule has 0 spiro atoms. The third-order valence-corrected chi connectivity index (χ3v) is 11.7. The van der Waals surface area contributed by atoms with Crippen molar-refractivity contribution in [3.63, 3.8) is 0 Å². The molecule has 0 saturated heterocycles. The molecule has 0 heterocycles. The minimum atomic E-state index is -0.821. The van der Waals surface area contributed by atoms with Crippen LogP contribution < -0.4 is 0 Å². The van der Waals surface area contributed by atoms with Gasteiger partial charge in [-0.2, -0.15) is 0 Å². The van der Waals surface area contributed by atoms with Crippen LogP contribution in [0.15, 0.2) is 122 Å². The summed E-state index contributed by atoms with van der Waals surface area (Å²) >= 11 is 0. The van der Waals surface area contributed by atoms with Crippen LogP contribution in [0.1, 0.15) is 245 Å². The summed E-state index contributed by atoms with van der Waals surface area (Å²) in [7, 11) is 0.